The fourth-order valence-corrected chi connectivity index (χ4v) is 2.76. The summed E-state index contributed by atoms with van der Waals surface area (Å²) in [5, 5.41) is 18.0. The van der Waals surface area contributed by atoms with Crippen molar-refractivity contribution in [3.05, 3.63) is 57.8 Å². The molecule has 0 fully saturated rings. The van der Waals surface area contributed by atoms with Crippen molar-refractivity contribution in [3.63, 3.8) is 0 Å². The summed E-state index contributed by atoms with van der Waals surface area (Å²) >= 11 is 1.72. The van der Waals surface area contributed by atoms with Crippen LogP contribution in [0.3, 0.4) is 0 Å². The fraction of sp³-hybridized carbons (Fsp3) is 0.333. The summed E-state index contributed by atoms with van der Waals surface area (Å²) in [5.74, 6) is 0. The van der Waals surface area contributed by atoms with E-state index in [1.165, 1.54) is 11.1 Å². The second-order valence-corrected chi connectivity index (χ2v) is 5.57. The molecule has 0 spiro atoms. The van der Waals surface area contributed by atoms with Gasteiger partial charge in [-0.1, -0.05) is 30.3 Å². The van der Waals surface area contributed by atoms with Crippen LogP contribution >= 0.6 is 11.3 Å². The van der Waals surface area contributed by atoms with Gasteiger partial charge in [0.2, 0.25) is 0 Å². The van der Waals surface area contributed by atoms with Gasteiger partial charge in [0.15, 0.2) is 0 Å². The monoisotopic (exact) mass is 261 g/mol. The molecule has 2 aromatic rings. The van der Waals surface area contributed by atoms with E-state index < -0.39 is 5.60 Å². The number of rotatable bonds is 5. The van der Waals surface area contributed by atoms with Crippen LogP contribution < -0.4 is 5.32 Å². The summed E-state index contributed by atoms with van der Waals surface area (Å²) < 4.78 is 0. The summed E-state index contributed by atoms with van der Waals surface area (Å²) in [6.07, 6.45) is 0. The van der Waals surface area contributed by atoms with Crippen molar-refractivity contribution in [1.29, 1.82) is 0 Å². The van der Waals surface area contributed by atoms with Crippen molar-refractivity contribution in [3.8, 4) is 0 Å². The van der Waals surface area contributed by atoms with E-state index >= 15 is 0 Å². The Balaban J connectivity index is 1.92. The zero-order chi connectivity index (χ0) is 13.0. The zero-order valence-electron chi connectivity index (χ0n) is 10.8. The van der Waals surface area contributed by atoms with E-state index in [9.17, 15) is 5.11 Å². The van der Waals surface area contributed by atoms with Gasteiger partial charge in [-0.05, 0) is 41.3 Å². The van der Waals surface area contributed by atoms with Gasteiger partial charge in [-0.25, -0.2) is 0 Å². The first-order valence-electron chi connectivity index (χ1n) is 6.10. The third-order valence-corrected chi connectivity index (χ3v) is 4.05. The smallest absolute Gasteiger partial charge is 0.0992 e. The Labute approximate surface area is 112 Å². The molecule has 0 amide bonds. The van der Waals surface area contributed by atoms with Crippen molar-refractivity contribution in [2.45, 2.75) is 26.0 Å². The summed E-state index contributed by atoms with van der Waals surface area (Å²) in [6.45, 7) is 5.31. The molecule has 0 saturated carbocycles. The Morgan fingerprint density at radius 1 is 1.22 bits per heavy atom. The van der Waals surface area contributed by atoms with Crippen LogP contribution in [0, 0.1) is 6.92 Å². The standard InChI is InChI=1S/C15H19NOS/c1-12-9-18-10-13(12)8-16-11-15(2,17)14-6-4-3-5-7-14/h3-7,9-10,16-17H,8,11H2,1-2H3. The lowest BCUT2D eigenvalue weighted by molar-refractivity contribution is 0.0566. The lowest BCUT2D eigenvalue weighted by atomic mass is 9.96. The van der Waals surface area contributed by atoms with Gasteiger partial charge in [0, 0.05) is 13.1 Å². The highest BCUT2D eigenvalue weighted by atomic mass is 32.1. The average molecular weight is 261 g/mol. The third-order valence-electron chi connectivity index (χ3n) is 3.14. The van der Waals surface area contributed by atoms with Crippen LogP contribution in [0.15, 0.2) is 41.1 Å². The lowest BCUT2D eigenvalue weighted by Gasteiger charge is -2.24. The highest BCUT2D eigenvalue weighted by Gasteiger charge is 2.21. The summed E-state index contributed by atoms with van der Waals surface area (Å²) in [6, 6.07) is 9.77. The molecule has 0 bridgehead atoms. The molecule has 96 valence electrons. The maximum atomic E-state index is 10.4. The molecule has 0 aliphatic heterocycles. The number of aryl methyl sites for hydroxylation is 1. The summed E-state index contributed by atoms with van der Waals surface area (Å²) in [4.78, 5) is 0. The molecule has 0 aliphatic rings. The lowest BCUT2D eigenvalue weighted by Crippen LogP contribution is -2.35. The highest BCUT2D eigenvalue weighted by molar-refractivity contribution is 7.08. The molecule has 3 heteroatoms. The van der Waals surface area contributed by atoms with Crippen LogP contribution in [-0.4, -0.2) is 11.7 Å². The molecule has 1 aromatic heterocycles. The molecule has 1 aromatic carbocycles. The zero-order valence-corrected chi connectivity index (χ0v) is 11.6. The van der Waals surface area contributed by atoms with Crippen LogP contribution in [0.1, 0.15) is 23.6 Å². The second kappa shape index (κ2) is 5.65. The second-order valence-electron chi connectivity index (χ2n) is 4.82. The average Bonchev–Trinajstić information content (AvgIpc) is 2.76. The number of hydrogen-bond acceptors (Lipinski definition) is 3. The van der Waals surface area contributed by atoms with E-state index in [-0.39, 0.29) is 0 Å². The highest BCUT2D eigenvalue weighted by Crippen LogP contribution is 2.19. The number of thiophene rings is 1. The predicted octanol–water partition coefficient (Wildman–Crippen LogP) is 3.05. The molecule has 2 rings (SSSR count). The molecule has 0 saturated heterocycles. The van der Waals surface area contributed by atoms with E-state index in [4.69, 9.17) is 0 Å². The van der Waals surface area contributed by atoms with Crippen LogP contribution in [0.4, 0.5) is 0 Å². The van der Waals surface area contributed by atoms with E-state index in [2.05, 4.69) is 23.0 Å². The van der Waals surface area contributed by atoms with Crippen LogP contribution in [0.2, 0.25) is 0 Å². The number of hydrogen-bond donors (Lipinski definition) is 2. The third kappa shape index (κ3) is 3.19. The predicted molar refractivity (Wildman–Crippen MR) is 76.8 cm³/mol. The van der Waals surface area contributed by atoms with Gasteiger partial charge in [0.05, 0.1) is 5.60 Å². The maximum Gasteiger partial charge on any atom is 0.0992 e. The minimum atomic E-state index is -0.828. The Bertz CT molecular complexity index is 490. The van der Waals surface area contributed by atoms with Gasteiger partial charge >= 0.3 is 0 Å². The van der Waals surface area contributed by atoms with Gasteiger partial charge in [-0.15, -0.1) is 0 Å². The number of benzene rings is 1. The molecular formula is C15H19NOS. The minimum absolute atomic E-state index is 0.548. The molecule has 0 radical (unpaired) electrons. The molecule has 1 atom stereocenters. The van der Waals surface area contributed by atoms with E-state index in [1.807, 2.05) is 37.3 Å². The molecule has 18 heavy (non-hydrogen) atoms. The topological polar surface area (TPSA) is 32.3 Å². The van der Waals surface area contributed by atoms with Gasteiger partial charge in [-0.3, -0.25) is 0 Å². The Kier molecular flexibility index (Phi) is 4.17. The van der Waals surface area contributed by atoms with Crippen molar-refractivity contribution in [2.75, 3.05) is 6.54 Å². The van der Waals surface area contributed by atoms with E-state index in [0.29, 0.717) is 6.54 Å². The number of nitrogens with one attached hydrogen (secondary N) is 1. The van der Waals surface area contributed by atoms with Gasteiger partial charge in [-0.2, -0.15) is 11.3 Å². The van der Waals surface area contributed by atoms with Crippen LogP contribution in [-0.2, 0) is 12.1 Å². The molecule has 2 nitrogen and oxygen atoms in total. The van der Waals surface area contributed by atoms with E-state index in [0.717, 1.165) is 12.1 Å². The minimum Gasteiger partial charge on any atom is -0.384 e. The van der Waals surface area contributed by atoms with Crippen LogP contribution in [0.25, 0.3) is 0 Å². The molecule has 1 unspecified atom stereocenters. The van der Waals surface area contributed by atoms with Gasteiger partial charge in [0.25, 0.3) is 0 Å². The van der Waals surface area contributed by atoms with Crippen molar-refractivity contribution in [2.24, 2.45) is 0 Å². The van der Waals surface area contributed by atoms with Crippen LogP contribution in [0.5, 0.6) is 0 Å². The molecular weight excluding hydrogens is 242 g/mol. The van der Waals surface area contributed by atoms with Crippen molar-refractivity contribution in [1.82, 2.24) is 5.32 Å². The summed E-state index contributed by atoms with van der Waals surface area (Å²) in [5.41, 5.74) is 2.74. The quantitative estimate of drug-likeness (QED) is 0.867. The first-order chi connectivity index (χ1) is 8.59. The number of aliphatic hydroxyl groups is 1. The Morgan fingerprint density at radius 3 is 2.56 bits per heavy atom. The van der Waals surface area contributed by atoms with Crippen molar-refractivity contribution >= 4 is 11.3 Å². The van der Waals surface area contributed by atoms with E-state index in [1.54, 1.807) is 11.3 Å². The normalized spacial score (nSPS) is 14.4. The van der Waals surface area contributed by atoms with Gasteiger partial charge in [0.1, 0.15) is 0 Å². The Hall–Kier alpha value is -1.16. The first kappa shape index (κ1) is 13.3. The SMILES string of the molecule is Cc1cscc1CNCC(C)(O)c1ccccc1. The van der Waals surface area contributed by atoms with Crippen molar-refractivity contribution < 1.29 is 5.11 Å². The van der Waals surface area contributed by atoms with Gasteiger partial charge < -0.3 is 10.4 Å². The maximum absolute atomic E-state index is 10.4. The molecule has 1 heterocycles. The summed E-state index contributed by atoms with van der Waals surface area (Å²) in [7, 11) is 0. The molecule has 0 aliphatic carbocycles. The largest absolute Gasteiger partial charge is 0.384 e. The fourth-order valence-electron chi connectivity index (χ4n) is 1.91. The molecule has 2 N–H and O–H groups in total. The first-order valence-corrected chi connectivity index (χ1v) is 7.04. The Morgan fingerprint density at radius 2 is 1.94 bits per heavy atom.